The highest BCUT2D eigenvalue weighted by molar-refractivity contribution is 5.91. The SMILES string of the molecule is Cc1c(NCc2ncc[nH]2)cccc1C(=O)O. The van der Waals surface area contributed by atoms with Crippen LogP contribution in [0.25, 0.3) is 0 Å². The van der Waals surface area contributed by atoms with E-state index in [4.69, 9.17) is 5.11 Å². The fourth-order valence-electron chi connectivity index (χ4n) is 1.63. The molecule has 0 spiro atoms. The highest BCUT2D eigenvalue weighted by Gasteiger charge is 2.09. The predicted molar refractivity (Wildman–Crippen MR) is 64.1 cm³/mol. The highest BCUT2D eigenvalue weighted by atomic mass is 16.4. The summed E-state index contributed by atoms with van der Waals surface area (Å²) in [4.78, 5) is 18.0. The van der Waals surface area contributed by atoms with Crippen LogP contribution in [0.15, 0.2) is 30.6 Å². The van der Waals surface area contributed by atoms with Crippen molar-refractivity contribution in [1.29, 1.82) is 0 Å². The Bertz CT molecular complexity index is 521. The van der Waals surface area contributed by atoms with Gasteiger partial charge in [0.2, 0.25) is 0 Å². The van der Waals surface area contributed by atoms with Crippen LogP contribution in [0.2, 0.25) is 0 Å². The summed E-state index contributed by atoms with van der Waals surface area (Å²) in [7, 11) is 0. The topological polar surface area (TPSA) is 78.0 Å². The monoisotopic (exact) mass is 231 g/mol. The van der Waals surface area contributed by atoms with Crippen molar-refractivity contribution in [2.75, 3.05) is 5.32 Å². The number of aromatic carboxylic acids is 1. The van der Waals surface area contributed by atoms with Crippen LogP contribution in [0.5, 0.6) is 0 Å². The van der Waals surface area contributed by atoms with E-state index in [1.54, 1.807) is 31.5 Å². The van der Waals surface area contributed by atoms with Gasteiger partial charge >= 0.3 is 5.97 Å². The quantitative estimate of drug-likeness (QED) is 0.752. The van der Waals surface area contributed by atoms with Crippen LogP contribution < -0.4 is 5.32 Å². The van der Waals surface area contributed by atoms with Gasteiger partial charge in [-0.2, -0.15) is 0 Å². The van der Waals surface area contributed by atoms with Gasteiger partial charge in [0, 0.05) is 18.1 Å². The fourth-order valence-corrected chi connectivity index (χ4v) is 1.63. The van der Waals surface area contributed by atoms with E-state index in [9.17, 15) is 4.79 Å². The number of anilines is 1. The van der Waals surface area contributed by atoms with E-state index in [2.05, 4.69) is 15.3 Å². The fraction of sp³-hybridized carbons (Fsp3) is 0.167. The molecule has 0 aliphatic carbocycles. The van der Waals surface area contributed by atoms with Crippen molar-refractivity contribution in [2.45, 2.75) is 13.5 Å². The molecule has 0 atom stereocenters. The third-order valence-corrected chi connectivity index (χ3v) is 2.57. The van der Waals surface area contributed by atoms with Crippen LogP contribution in [0.1, 0.15) is 21.7 Å². The average Bonchev–Trinajstić information content (AvgIpc) is 2.80. The Morgan fingerprint density at radius 1 is 1.53 bits per heavy atom. The minimum absolute atomic E-state index is 0.314. The van der Waals surface area contributed by atoms with Gasteiger partial charge < -0.3 is 15.4 Å². The summed E-state index contributed by atoms with van der Waals surface area (Å²) in [5, 5.41) is 12.1. The smallest absolute Gasteiger partial charge is 0.336 e. The summed E-state index contributed by atoms with van der Waals surface area (Å²) in [6, 6.07) is 5.17. The minimum Gasteiger partial charge on any atom is -0.478 e. The summed E-state index contributed by atoms with van der Waals surface area (Å²) in [5.74, 6) is -0.103. The first-order valence-corrected chi connectivity index (χ1v) is 5.23. The number of carboxylic acid groups (broad SMARTS) is 1. The van der Waals surface area contributed by atoms with E-state index in [0.717, 1.165) is 17.1 Å². The maximum absolute atomic E-state index is 11.0. The van der Waals surface area contributed by atoms with E-state index < -0.39 is 5.97 Å². The second-order valence-electron chi connectivity index (χ2n) is 3.67. The molecule has 5 nitrogen and oxygen atoms in total. The van der Waals surface area contributed by atoms with Crippen LogP contribution >= 0.6 is 0 Å². The zero-order valence-corrected chi connectivity index (χ0v) is 9.40. The maximum atomic E-state index is 11.0. The summed E-state index contributed by atoms with van der Waals surface area (Å²) < 4.78 is 0. The van der Waals surface area contributed by atoms with Crippen molar-refractivity contribution in [3.63, 3.8) is 0 Å². The molecule has 0 saturated carbocycles. The lowest BCUT2D eigenvalue weighted by atomic mass is 10.1. The molecule has 1 aromatic heterocycles. The molecule has 0 fully saturated rings. The number of aromatic nitrogens is 2. The Morgan fingerprint density at radius 2 is 2.35 bits per heavy atom. The molecule has 88 valence electrons. The maximum Gasteiger partial charge on any atom is 0.336 e. The Labute approximate surface area is 98.5 Å². The number of hydrogen-bond donors (Lipinski definition) is 3. The lowest BCUT2D eigenvalue weighted by Crippen LogP contribution is -2.06. The van der Waals surface area contributed by atoms with E-state index >= 15 is 0 Å². The molecule has 2 aromatic rings. The van der Waals surface area contributed by atoms with Gasteiger partial charge in [-0.05, 0) is 24.6 Å². The molecule has 0 saturated heterocycles. The minimum atomic E-state index is -0.913. The molecule has 0 bridgehead atoms. The van der Waals surface area contributed by atoms with Gasteiger partial charge in [-0.25, -0.2) is 9.78 Å². The van der Waals surface area contributed by atoms with Gasteiger partial charge in [0.1, 0.15) is 5.82 Å². The Hall–Kier alpha value is -2.30. The third-order valence-electron chi connectivity index (χ3n) is 2.57. The number of benzene rings is 1. The summed E-state index contributed by atoms with van der Waals surface area (Å²) in [5.41, 5.74) is 1.85. The zero-order valence-electron chi connectivity index (χ0n) is 9.40. The molecular weight excluding hydrogens is 218 g/mol. The van der Waals surface area contributed by atoms with Crippen LogP contribution in [0, 0.1) is 6.92 Å². The Morgan fingerprint density at radius 3 is 3.00 bits per heavy atom. The molecular formula is C12H13N3O2. The van der Waals surface area contributed by atoms with Crippen molar-refractivity contribution >= 4 is 11.7 Å². The number of hydrogen-bond acceptors (Lipinski definition) is 3. The van der Waals surface area contributed by atoms with E-state index in [-0.39, 0.29) is 0 Å². The lowest BCUT2D eigenvalue weighted by Gasteiger charge is -2.10. The van der Waals surface area contributed by atoms with Gasteiger partial charge in [-0.1, -0.05) is 6.07 Å². The lowest BCUT2D eigenvalue weighted by molar-refractivity contribution is 0.0696. The van der Waals surface area contributed by atoms with Gasteiger partial charge in [0.15, 0.2) is 0 Å². The molecule has 3 N–H and O–H groups in total. The van der Waals surface area contributed by atoms with Crippen LogP contribution in [0.4, 0.5) is 5.69 Å². The van der Waals surface area contributed by atoms with Gasteiger partial charge in [0.25, 0.3) is 0 Å². The molecule has 2 rings (SSSR count). The number of carboxylic acids is 1. The number of aromatic amines is 1. The molecule has 1 heterocycles. The first-order chi connectivity index (χ1) is 8.18. The van der Waals surface area contributed by atoms with E-state index in [1.165, 1.54) is 0 Å². The van der Waals surface area contributed by atoms with Crippen molar-refractivity contribution < 1.29 is 9.90 Å². The van der Waals surface area contributed by atoms with E-state index in [1.807, 2.05) is 6.07 Å². The number of imidazole rings is 1. The van der Waals surface area contributed by atoms with Gasteiger partial charge in [-0.15, -0.1) is 0 Å². The second-order valence-corrected chi connectivity index (χ2v) is 3.67. The summed E-state index contributed by atoms with van der Waals surface area (Å²) in [6.07, 6.45) is 3.43. The first-order valence-electron chi connectivity index (χ1n) is 5.23. The average molecular weight is 231 g/mol. The first kappa shape index (κ1) is 11.2. The standard InChI is InChI=1S/C12H13N3O2/c1-8-9(12(16)17)3-2-4-10(8)15-7-11-13-5-6-14-11/h2-6,15H,7H2,1H3,(H,13,14)(H,16,17). The van der Waals surface area contributed by atoms with Crippen molar-refractivity contribution in [1.82, 2.24) is 9.97 Å². The Kier molecular flexibility index (Phi) is 3.09. The highest BCUT2D eigenvalue weighted by Crippen LogP contribution is 2.19. The molecule has 1 aromatic carbocycles. The largest absolute Gasteiger partial charge is 0.478 e. The summed E-state index contributed by atoms with van der Waals surface area (Å²) in [6.45, 7) is 2.32. The molecule has 5 heteroatoms. The van der Waals surface area contributed by atoms with Crippen LogP contribution in [-0.2, 0) is 6.54 Å². The zero-order chi connectivity index (χ0) is 12.3. The normalized spacial score (nSPS) is 10.2. The van der Waals surface area contributed by atoms with Crippen LogP contribution in [-0.4, -0.2) is 21.0 Å². The van der Waals surface area contributed by atoms with Gasteiger partial charge in [0.05, 0.1) is 12.1 Å². The second kappa shape index (κ2) is 4.69. The number of H-pyrrole nitrogens is 1. The molecule has 0 aliphatic heterocycles. The van der Waals surface area contributed by atoms with Crippen LogP contribution in [0.3, 0.4) is 0 Å². The van der Waals surface area contributed by atoms with Crippen molar-refractivity contribution in [3.05, 3.63) is 47.5 Å². The molecule has 17 heavy (non-hydrogen) atoms. The molecule has 0 aliphatic rings. The number of nitrogens with one attached hydrogen (secondary N) is 2. The Balaban J connectivity index is 2.16. The molecule has 0 radical (unpaired) electrons. The summed E-state index contributed by atoms with van der Waals surface area (Å²) >= 11 is 0. The molecule has 0 amide bonds. The number of carbonyl (C=O) groups is 1. The van der Waals surface area contributed by atoms with Crippen molar-refractivity contribution in [3.8, 4) is 0 Å². The number of rotatable bonds is 4. The third kappa shape index (κ3) is 2.44. The van der Waals surface area contributed by atoms with E-state index in [0.29, 0.717) is 12.1 Å². The number of nitrogens with zero attached hydrogens (tertiary/aromatic N) is 1. The van der Waals surface area contributed by atoms with Gasteiger partial charge in [-0.3, -0.25) is 0 Å². The predicted octanol–water partition coefficient (Wildman–Crippen LogP) is 2.03. The van der Waals surface area contributed by atoms with Crippen molar-refractivity contribution in [2.24, 2.45) is 0 Å². The molecule has 0 unspecified atom stereocenters.